The molecule has 0 spiro atoms. The monoisotopic (exact) mass is 608 g/mol. The summed E-state index contributed by atoms with van der Waals surface area (Å²) < 4.78 is 33.5. The molecule has 0 amide bonds. The number of aliphatic hydroxyl groups excluding tert-OH is 6. The molecule has 2 aliphatic heterocycles. The smallest absolute Gasteiger partial charge is 0.229 e. The summed E-state index contributed by atoms with van der Waals surface area (Å²) >= 11 is 0. The zero-order valence-corrected chi connectivity index (χ0v) is 22.9. The Bertz CT molecular complexity index is 1510. The summed E-state index contributed by atoms with van der Waals surface area (Å²) in [5, 5.41) is 82.2. The van der Waals surface area contributed by atoms with E-state index in [1.807, 2.05) is 0 Å². The van der Waals surface area contributed by atoms with Gasteiger partial charge in [-0.1, -0.05) is 0 Å². The molecule has 0 saturated carbocycles. The van der Waals surface area contributed by atoms with E-state index >= 15 is 0 Å². The Balaban J connectivity index is 1.48. The molecule has 2 fully saturated rings. The first-order valence-corrected chi connectivity index (χ1v) is 13.3. The SMILES string of the molecule is COc1ccc(-c2cc(=O)c3c(O)cc(O[C@@H]4O[C@H](CO)[C@@H](O)[C@H](O)[C@H]4O[C@@H]4O[C@H](C)[C@H](O)[C@H](O)[C@H]4O)cc3o2)cc1O. The molecule has 2 aliphatic rings. The number of aromatic hydroxyl groups is 2. The number of benzene rings is 2. The molecular weight excluding hydrogens is 576 g/mol. The van der Waals surface area contributed by atoms with Crippen molar-refractivity contribution in [2.75, 3.05) is 13.7 Å². The first-order chi connectivity index (χ1) is 20.4. The second-order valence-corrected chi connectivity index (χ2v) is 10.3. The van der Waals surface area contributed by atoms with Crippen LogP contribution in [0.2, 0.25) is 0 Å². The molecule has 234 valence electrons. The number of rotatable bonds is 7. The first-order valence-electron chi connectivity index (χ1n) is 13.3. The number of hydrogen-bond donors (Lipinski definition) is 8. The van der Waals surface area contributed by atoms with E-state index < -0.39 is 79.2 Å². The molecule has 0 radical (unpaired) electrons. The standard InChI is InChI=1S/C28H32O15/c1-10-21(33)23(35)25(37)27(39-10)43-26-24(36)22(34)19(9-29)42-28(26)40-12-6-14(31)20-15(32)8-17(41-18(20)7-12)11-3-4-16(38-2)13(30)5-11/h3-8,10,19,21-31,33-37H,9H2,1-2H3/t10-,19-,21+,22-,23+,24+,25-,26-,27+,28-/m1/s1. The van der Waals surface area contributed by atoms with Gasteiger partial charge in [-0.2, -0.15) is 0 Å². The number of methoxy groups -OCH3 is 1. The van der Waals surface area contributed by atoms with Gasteiger partial charge in [-0.15, -0.1) is 0 Å². The van der Waals surface area contributed by atoms with Crippen molar-refractivity contribution in [3.05, 3.63) is 46.6 Å². The van der Waals surface area contributed by atoms with Gasteiger partial charge < -0.3 is 69.0 Å². The summed E-state index contributed by atoms with van der Waals surface area (Å²) in [4.78, 5) is 12.9. The second kappa shape index (κ2) is 12.2. The molecule has 0 aliphatic carbocycles. The molecule has 15 nitrogen and oxygen atoms in total. The van der Waals surface area contributed by atoms with Gasteiger partial charge in [0.1, 0.15) is 64.9 Å². The molecule has 10 atom stereocenters. The van der Waals surface area contributed by atoms with Crippen LogP contribution in [0.25, 0.3) is 22.3 Å². The Hall–Kier alpha value is -3.51. The lowest BCUT2D eigenvalue weighted by molar-refractivity contribution is -0.354. The number of fused-ring (bicyclic) bond motifs is 1. The van der Waals surface area contributed by atoms with Crippen molar-refractivity contribution in [1.29, 1.82) is 0 Å². The molecule has 0 bridgehead atoms. The number of aliphatic hydroxyl groups is 6. The van der Waals surface area contributed by atoms with E-state index in [9.17, 15) is 45.6 Å². The Kier molecular flexibility index (Phi) is 8.80. The van der Waals surface area contributed by atoms with Crippen molar-refractivity contribution in [2.24, 2.45) is 0 Å². The van der Waals surface area contributed by atoms with Crippen LogP contribution in [0, 0.1) is 0 Å². The van der Waals surface area contributed by atoms with Crippen LogP contribution in [0.3, 0.4) is 0 Å². The van der Waals surface area contributed by atoms with Gasteiger partial charge in [-0.25, -0.2) is 0 Å². The highest BCUT2D eigenvalue weighted by molar-refractivity contribution is 5.86. The predicted molar refractivity (Wildman–Crippen MR) is 143 cm³/mol. The summed E-state index contributed by atoms with van der Waals surface area (Å²) in [6.07, 6.45) is -15.4. The van der Waals surface area contributed by atoms with E-state index in [0.717, 1.165) is 12.1 Å². The zero-order valence-electron chi connectivity index (χ0n) is 22.9. The Morgan fingerprint density at radius 3 is 2.26 bits per heavy atom. The lowest BCUT2D eigenvalue weighted by Crippen LogP contribution is -2.64. The molecule has 3 heterocycles. The van der Waals surface area contributed by atoms with E-state index in [1.54, 1.807) is 6.07 Å². The fraction of sp³-hybridized carbons (Fsp3) is 0.464. The minimum absolute atomic E-state index is 0.0410. The molecule has 8 N–H and O–H groups in total. The summed E-state index contributed by atoms with van der Waals surface area (Å²) in [6, 6.07) is 7.77. The lowest BCUT2D eigenvalue weighted by atomic mass is 9.97. The summed E-state index contributed by atoms with van der Waals surface area (Å²) in [5.41, 5.74) is -0.414. The van der Waals surface area contributed by atoms with E-state index in [0.29, 0.717) is 5.56 Å². The number of phenolic OH excluding ortho intramolecular Hbond substituents is 2. The van der Waals surface area contributed by atoms with Gasteiger partial charge >= 0.3 is 0 Å². The van der Waals surface area contributed by atoms with E-state index in [2.05, 4.69) is 0 Å². The van der Waals surface area contributed by atoms with Crippen molar-refractivity contribution in [1.82, 2.24) is 0 Å². The molecule has 2 saturated heterocycles. The quantitative estimate of drug-likeness (QED) is 0.159. The topological polar surface area (TPSA) is 238 Å². The number of ether oxygens (including phenoxy) is 5. The highest BCUT2D eigenvalue weighted by Crippen LogP contribution is 2.36. The van der Waals surface area contributed by atoms with Crippen LogP contribution < -0.4 is 14.9 Å². The molecular formula is C28H32O15. The number of hydrogen-bond acceptors (Lipinski definition) is 15. The molecule has 1 aromatic heterocycles. The molecule has 5 rings (SSSR count). The molecule has 0 unspecified atom stereocenters. The summed E-state index contributed by atoms with van der Waals surface area (Å²) in [5.74, 6) is -0.653. The maximum atomic E-state index is 12.9. The van der Waals surface area contributed by atoms with Crippen molar-refractivity contribution in [2.45, 2.75) is 68.3 Å². The normalized spacial score (nSPS) is 32.9. The van der Waals surface area contributed by atoms with Gasteiger partial charge in [0, 0.05) is 23.8 Å². The zero-order chi connectivity index (χ0) is 31.2. The van der Waals surface area contributed by atoms with Crippen LogP contribution in [0.15, 0.2) is 45.6 Å². The Labute approximate surface area is 243 Å². The average molecular weight is 609 g/mol. The molecule has 3 aromatic rings. The first kappa shape index (κ1) is 30.9. The van der Waals surface area contributed by atoms with Crippen molar-refractivity contribution >= 4 is 11.0 Å². The minimum atomic E-state index is -1.77. The second-order valence-electron chi connectivity index (χ2n) is 10.3. The Morgan fingerprint density at radius 2 is 1.58 bits per heavy atom. The third kappa shape index (κ3) is 5.86. The van der Waals surface area contributed by atoms with Crippen LogP contribution in [0.1, 0.15) is 6.92 Å². The Morgan fingerprint density at radius 1 is 0.837 bits per heavy atom. The molecule has 15 heteroatoms. The van der Waals surface area contributed by atoms with E-state index in [4.69, 9.17) is 28.1 Å². The summed E-state index contributed by atoms with van der Waals surface area (Å²) in [7, 11) is 1.38. The van der Waals surface area contributed by atoms with Crippen molar-refractivity contribution < 1.29 is 69.0 Å². The van der Waals surface area contributed by atoms with Gasteiger partial charge in [-0.3, -0.25) is 4.79 Å². The van der Waals surface area contributed by atoms with Gasteiger partial charge in [0.2, 0.25) is 6.29 Å². The molecule has 43 heavy (non-hydrogen) atoms. The van der Waals surface area contributed by atoms with Crippen molar-refractivity contribution in [3.8, 4) is 34.3 Å². The van der Waals surface area contributed by atoms with Gasteiger partial charge in [0.15, 0.2) is 29.3 Å². The van der Waals surface area contributed by atoms with Crippen LogP contribution in [-0.4, -0.2) is 116 Å². The van der Waals surface area contributed by atoms with Crippen LogP contribution in [0.4, 0.5) is 0 Å². The third-order valence-corrected chi connectivity index (χ3v) is 7.42. The predicted octanol–water partition coefficient (Wildman–Crippen LogP) is -1.09. The van der Waals surface area contributed by atoms with E-state index in [1.165, 1.54) is 32.2 Å². The van der Waals surface area contributed by atoms with E-state index in [-0.39, 0.29) is 34.0 Å². The maximum Gasteiger partial charge on any atom is 0.229 e. The molecule has 2 aromatic carbocycles. The highest BCUT2D eigenvalue weighted by atomic mass is 16.8. The van der Waals surface area contributed by atoms with Gasteiger partial charge in [0.25, 0.3) is 0 Å². The fourth-order valence-corrected chi connectivity index (χ4v) is 5.01. The lowest BCUT2D eigenvalue weighted by Gasteiger charge is -2.45. The van der Waals surface area contributed by atoms with Crippen LogP contribution in [-0.2, 0) is 14.2 Å². The van der Waals surface area contributed by atoms with Crippen LogP contribution >= 0.6 is 0 Å². The van der Waals surface area contributed by atoms with Crippen LogP contribution in [0.5, 0.6) is 23.0 Å². The van der Waals surface area contributed by atoms with Crippen molar-refractivity contribution in [3.63, 3.8) is 0 Å². The highest BCUT2D eigenvalue weighted by Gasteiger charge is 2.50. The van der Waals surface area contributed by atoms with Gasteiger partial charge in [0.05, 0.1) is 19.8 Å². The average Bonchev–Trinajstić information content (AvgIpc) is 2.97. The minimum Gasteiger partial charge on any atom is -0.507 e. The summed E-state index contributed by atoms with van der Waals surface area (Å²) in [6.45, 7) is 0.687. The number of phenols is 2. The largest absolute Gasteiger partial charge is 0.507 e. The van der Waals surface area contributed by atoms with Gasteiger partial charge in [-0.05, 0) is 25.1 Å². The fourth-order valence-electron chi connectivity index (χ4n) is 5.01. The third-order valence-electron chi connectivity index (χ3n) is 7.42. The maximum absolute atomic E-state index is 12.9.